The maximum Gasteiger partial charge on any atom is 0.117 e. The highest BCUT2D eigenvalue weighted by atomic mass is 19.1. The van der Waals surface area contributed by atoms with Crippen LogP contribution >= 0.6 is 0 Å². The van der Waals surface area contributed by atoms with E-state index in [-0.39, 0.29) is 5.92 Å². The Labute approximate surface area is 93.6 Å². The Morgan fingerprint density at radius 1 is 1.07 bits per heavy atom. The van der Waals surface area contributed by atoms with E-state index in [1.165, 1.54) is 25.7 Å². The van der Waals surface area contributed by atoms with Crippen molar-refractivity contribution in [2.45, 2.75) is 65.0 Å². The molecule has 1 aliphatic carbocycles. The third kappa shape index (κ3) is 2.72. The van der Waals surface area contributed by atoms with Gasteiger partial charge >= 0.3 is 0 Å². The van der Waals surface area contributed by atoms with Crippen molar-refractivity contribution in [3.63, 3.8) is 0 Å². The lowest BCUT2D eigenvalue weighted by molar-refractivity contribution is -0.0227. The molecule has 0 heterocycles. The van der Waals surface area contributed by atoms with Crippen LogP contribution in [0.25, 0.3) is 0 Å². The molecule has 0 spiro atoms. The minimum atomic E-state index is -1.12. The van der Waals surface area contributed by atoms with Gasteiger partial charge in [-0.05, 0) is 25.7 Å². The second-order valence-electron chi connectivity index (χ2n) is 5.85. The molecule has 2 N–H and O–H groups in total. The van der Waals surface area contributed by atoms with Gasteiger partial charge in [0.2, 0.25) is 0 Å². The maximum absolute atomic E-state index is 14.9. The van der Waals surface area contributed by atoms with Gasteiger partial charge in [0, 0.05) is 12.0 Å². The number of hydrogen-bond donors (Lipinski definition) is 1. The molecule has 1 unspecified atom stereocenters. The number of nitrogens with two attached hydrogens (primary N) is 1. The van der Waals surface area contributed by atoms with Crippen LogP contribution in [0, 0.1) is 11.3 Å². The van der Waals surface area contributed by atoms with Gasteiger partial charge in [-0.25, -0.2) is 4.39 Å². The molecule has 0 aromatic carbocycles. The Morgan fingerprint density at radius 2 is 1.53 bits per heavy atom. The number of hydrogen-bond acceptors (Lipinski definition) is 1. The molecule has 1 fully saturated rings. The van der Waals surface area contributed by atoms with E-state index in [4.69, 9.17) is 5.73 Å². The number of rotatable bonds is 3. The molecule has 1 atom stereocenters. The fourth-order valence-electron chi connectivity index (χ4n) is 2.57. The van der Waals surface area contributed by atoms with Crippen LogP contribution in [-0.2, 0) is 0 Å². The predicted molar refractivity (Wildman–Crippen MR) is 63.5 cm³/mol. The van der Waals surface area contributed by atoms with Crippen LogP contribution in [0.15, 0.2) is 0 Å². The summed E-state index contributed by atoms with van der Waals surface area (Å²) in [6, 6.07) is 0. The SMILES string of the molecule is CC(C)(CN)C(C)(F)C1CCCCCC1. The molecule has 1 rings (SSSR count). The molecule has 0 aliphatic heterocycles. The van der Waals surface area contributed by atoms with Gasteiger partial charge in [0.1, 0.15) is 5.67 Å². The second-order valence-corrected chi connectivity index (χ2v) is 5.85. The van der Waals surface area contributed by atoms with E-state index in [0.29, 0.717) is 6.54 Å². The monoisotopic (exact) mass is 215 g/mol. The van der Waals surface area contributed by atoms with E-state index in [2.05, 4.69) is 0 Å². The zero-order chi connectivity index (χ0) is 11.5. The zero-order valence-electron chi connectivity index (χ0n) is 10.5. The van der Waals surface area contributed by atoms with E-state index in [1.54, 1.807) is 6.92 Å². The van der Waals surface area contributed by atoms with Gasteiger partial charge in [0.15, 0.2) is 0 Å². The molecule has 0 aromatic heterocycles. The summed E-state index contributed by atoms with van der Waals surface area (Å²) in [6.45, 7) is 6.10. The summed E-state index contributed by atoms with van der Waals surface area (Å²) in [5.74, 6) is 0.207. The minimum Gasteiger partial charge on any atom is -0.330 e. The van der Waals surface area contributed by atoms with Crippen LogP contribution in [0.1, 0.15) is 59.3 Å². The summed E-state index contributed by atoms with van der Waals surface area (Å²) in [4.78, 5) is 0. The van der Waals surface area contributed by atoms with Gasteiger partial charge in [-0.2, -0.15) is 0 Å². The fourth-order valence-corrected chi connectivity index (χ4v) is 2.57. The van der Waals surface area contributed by atoms with Crippen molar-refractivity contribution in [2.75, 3.05) is 6.54 Å². The quantitative estimate of drug-likeness (QED) is 0.714. The third-order valence-electron chi connectivity index (χ3n) is 4.46. The molecule has 1 aliphatic rings. The Morgan fingerprint density at radius 3 is 1.93 bits per heavy atom. The van der Waals surface area contributed by atoms with Gasteiger partial charge in [0.05, 0.1) is 0 Å². The first-order valence-corrected chi connectivity index (χ1v) is 6.31. The van der Waals surface area contributed by atoms with Crippen LogP contribution in [0.5, 0.6) is 0 Å². The molecule has 1 nitrogen and oxygen atoms in total. The normalized spacial score (nSPS) is 24.6. The molecule has 90 valence electrons. The van der Waals surface area contributed by atoms with Crippen molar-refractivity contribution in [2.24, 2.45) is 17.1 Å². The summed E-state index contributed by atoms with van der Waals surface area (Å²) < 4.78 is 14.9. The largest absolute Gasteiger partial charge is 0.330 e. The lowest BCUT2D eigenvalue weighted by atomic mass is 9.68. The van der Waals surface area contributed by atoms with Gasteiger partial charge in [-0.15, -0.1) is 0 Å². The molecule has 15 heavy (non-hydrogen) atoms. The molecule has 0 amide bonds. The summed E-state index contributed by atoms with van der Waals surface area (Å²) in [5.41, 5.74) is 4.18. The lowest BCUT2D eigenvalue weighted by Crippen LogP contribution is -2.48. The summed E-state index contributed by atoms with van der Waals surface area (Å²) in [5, 5.41) is 0. The molecule has 0 radical (unpaired) electrons. The first-order chi connectivity index (χ1) is 6.92. The standard InChI is InChI=1S/C13H26FN/c1-12(2,10-15)13(3,14)11-8-6-4-5-7-9-11/h11H,4-10,15H2,1-3H3. The van der Waals surface area contributed by atoms with Gasteiger partial charge in [0.25, 0.3) is 0 Å². The Kier molecular flexibility index (Phi) is 4.16. The molecule has 0 aromatic rings. The average Bonchev–Trinajstić information content (AvgIpc) is 2.45. The van der Waals surface area contributed by atoms with Crippen LogP contribution in [0.4, 0.5) is 4.39 Å². The smallest absolute Gasteiger partial charge is 0.117 e. The maximum atomic E-state index is 14.9. The molecular formula is C13H26FN. The van der Waals surface area contributed by atoms with E-state index >= 15 is 0 Å². The van der Waals surface area contributed by atoms with Crippen molar-refractivity contribution < 1.29 is 4.39 Å². The third-order valence-corrected chi connectivity index (χ3v) is 4.46. The van der Waals surface area contributed by atoms with Crippen molar-refractivity contribution in [1.29, 1.82) is 0 Å². The average molecular weight is 215 g/mol. The van der Waals surface area contributed by atoms with Gasteiger partial charge < -0.3 is 5.73 Å². The summed E-state index contributed by atoms with van der Waals surface area (Å²) in [7, 11) is 0. The van der Waals surface area contributed by atoms with E-state index in [1.807, 2.05) is 13.8 Å². The lowest BCUT2D eigenvalue weighted by Gasteiger charge is -2.42. The molecular weight excluding hydrogens is 189 g/mol. The Hall–Kier alpha value is -0.110. The van der Waals surface area contributed by atoms with Crippen LogP contribution in [0.3, 0.4) is 0 Å². The van der Waals surface area contributed by atoms with E-state index in [0.717, 1.165) is 12.8 Å². The second kappa shape index (κ2) is 4.82. The molecule has 0 bridgehead atoms. The summed E-state index contributed by atoms with van der Waals surface area (Å²) >= 11 is 0. The van der Waals surface area contributed by atoms with Crippen molar-refractivity contribution >= 4 is 0 Å². The van der Waals surface area contributed by atoms with Crippen LogP contribution in [-0.4, -0.2) is 12.2 Å². The minimum absolute atomic E-state index is 0.207. The number of alkyl halides is 1. The van der Waals surface area contributed by atoms with Crippen molar-refractivity contribution in [1.82, 2.24) is 0 Å². The fraction of sp³-hybridized carbons (Fsp3) is 1.00. The molecule has 1 saturated carbocycles. The Bertz CT molecular complexity index is 191. The van der Waals surface area contributed by atoms with E-state index < -0.39 is 11.1 Å². The van der Waals surface area contributed by atoms with Crippen molar-refractivity contribution in [3.8, 4) is 0 Å². The zero-order valence-corrected chi connectivity index (χ0v) is 10.5. The first-order valence-electron chi connectivity index (χ1n) is 6.31. The predicted octanol–water partition coefficient (Wildman–Crippen LogP) is 3.67. The van der Waals surface area contributed by atoms with Gasteiger partial charge in [-0.1, -0.05) is 39.5 Å². The van der Waals surface area contributed by atoms with E-state index in [9.17, 15) is 4.39 Å². The van der Waals surface area contributed by atoms with Crippen molar-refractivity contribution in [3.05, 3.63) is 0 Å². The van der Waals surface area contributed by atoms with Gasteiger partial charge in [-0.3, -0.25) is 0 Å². The van der Waals surface area contributed by atoms with Crippen LogP contribution in [0.2, 0.25) is 0 Å². The topological polar surface area (TPSA) is 26.0 Å². The first kappa shape index (κ1) is 13.0. The summed E-state index contributed by atoms with van der Waals surface area (Å²) in [6.07, 6.45) is 6.99. The highest BCUT2D eigenvalue weighted by Gasteiger charge is 2.46. The highest BCUT2D eigenvalue weighted by molar-refractivity contribution is 4.96. The highest BCUT2D eigenvalue weighted by Crippen LogP contribution is 2.44. The number of halogens is 1. The Balaban J connectivity index is 2.73. The molecule has 0 saturated heterocycles. The molecule has 2 heteroatoms. The van der Waals surface area contributed by atoms with Crippen LogP contribution < -0.4 is 5.73 Å².